The molecule has 1 saturated carbocycles. The molecule has 0 N–H and O–H groups in total. The van der Waals surface area contributed by atoms with Crippen LogP contribution >= 0.6 is 0 Å². The van der Waals surface area contributed by atoms with Gasteiger partial charge in [-0.2, -0.15) is 0 Å². The number of rotatable bonds is 2. The van der Waals surface area contributed by atoms with Crippen LogP contribution in [0.3, 0.4) is 0 Å². The fourth-order valence-electron chi connectivity index (χ4n) is 0.558. The molecule has 8 heavy (non-hydrogen) atoms. The average molecular weight is 122 g/mol. The van der Waals surface area contributed by atoms with Crippen molar-refractivity contribution in [3.05, 3.63) is 0 Å². The molecule has 0 spiro atoms. The number of hydrogen-bond acceptors (Lipinski definition) is 2. The van der Waals surface area contributed by atoms with Gasteiger partial charge in [-0.15, -0.1) is 0 Å². The van der Waals surface area contributed by atoms with Crippen molar-refractivity contribution in [3.8, 4) is 0 Å². The van der Waals surface area contributed by atoms with Crippen LogP contribution in [0.1, 0.15) is 19.3 Å². The summed E-state index contributed by atoms with van der Waals surface area (Å²) in [6.07, 6.45) is 2.46. The minimum atomic E-state index is -0.900. The monoisotopic (exact) mass is 122 g/mol. The third-order valence-corrected chi connectivity index (χ3v) is 1.15. The molecule has 0 aliphatic heterocycles. The Labute approximate surface area is 70.6 Å². The predicted molar refractivity (Wildman–Crippen MR) is 22.3 cm³/mol. The van der Waals surface area contributed by atoms with Gasteiger partial charge in [0.15, 0.2) is 0 Å². The maximum Gasteiger partial charge on any atom is 1.00 e. The van der Waals surface area contributed by atoms with Crippen molar-refractivity contribution < 1.29 is 39.5 Å². The number of carbonyl (C=O) groups is 1. The number of aliphatic carboxylic acids is 1. The Kier molecular flexibility index (Phi) is 3.69. The number of carboxylic acid groups (broad SMARTS) is 1. The van der Waals surface area contributed by atoms with Crippen molar-refractivity contribution in [2.24, 2.45) is 5.92 Å². The van der Waals surface area contributed by atoms with Crippen molar-refractivity contribution in [1.29, 1.82) is 0 Å². The van der Waals surface area contributed by atoms with Crippen LogP contribution < -0.4 is 34.7 Å². The van der Waals surface area contributed by atoms with E-state index in [1.54, 1.807) is 0 Å². The second-order valence-corrected chi connectivity index (χ2v) is 2.02. The van der Waals surface area contributed by atoms with Crippen molar-refractivity contribution in [2.45, 2.75) is 19.3 Å². The maximum atomic E-state index is 9.74. The molecule has 3 heteroatoms. The van der Waals surface area contributed by atoms with Crippen LogP contribution in [0.5, 0.6) is 0 Å². The van der Waals surface area contributed by atoms with E-state index in [4.69, 9.17) is 0 Å². The summed E-state index contributed by atoms with van der Waals surface area (Å²) in [5.41, 5.74) is 0. The van der Waals surface area contributed by atoms with Crippen LogP contribution in [0, 0.1) is 5.92 Å². The first-order valence-corrected chi connectivity index (χ1v) is 2.49. The second kappa shape index (κ2) is 3.49. The van der Waals surface area contributed by atoms with E-state index < -0.39 is 5.97 Å². The van der Waals surface area contributed by atoms with Crippen molar-refractivity contribution >= 4 is 5.97 Å². The van der Waals surface area contributed by atoms with Crippen molar-refractivity contribution in [2.75, 3.05) is 0 Å². The SMILES string of the molecule is O=C([O-])CC1CC1.[Na+]. The molecule has 1 rings (SSSR count). The topological polar surface area (TPSA) is 40.1 Å². The minimum Gasteiger partial charge on any atom is -0.550 e. The Hall–Kier alpha value is 0.470. The molecule has 1 fully saturated rings. The van der Waals surface area contributed by atoms with Crippen LogP contribution in [0.4, 0.5) is 0 Å². The fourth-order valence-corrected chi connectivity index (χ4v) is 0.558. The zero-order valence-corrected chi connectivity index (χ0v) is 7.02. The van der Waals surface area contributed by atoms with Gasteiger partial charge in [0, 0.05) is 5.97 Å². The summed E-state index contributed by atoms with van der Waals surface area (Å²) in [6, 6.07) is 0. The molecule has 0 saturated heterocycles. The van der Waals surface area contributed by atoms with E-state index in [0.717, 1.165) is 12.8 Å². The van der Waals surface area contributed by atoms with E-state index >= 15 is 0 Å². The summed E-state index contributed by atoms with van der Waals surface area (Å²) in [5, 5.41) is 9.74. The average Bonchev–Trinajstić information content (AvgIpc) is 2.17. The zero-order valence-electron chi connectivity index (χ0n) is 5.02. The van der Waals surface area contributed by atoms with Gasteiger partial charge in [0.05, 0.1) is 0 Å². The molecule has 1 aliphatic rings. The zero-order chi connectivity index (χ0) is 5.28. The first kappa shape index (κ1) is 8.47. The molecule has 0 amide bonds. The van der Waals surface area contributed by atoms with Gasteiger partial charge >= 0.3 is 29.6 Å². The van der Waals surface area contributed by atoms with E-state index in [2.05, 4.69) is 0 Å². The molecule has 2 nitrogen and oxygen atoms in total. The van der Waals surface area contributed by atoms with Crippen LogP contribution in [-0.4, -0.2) is 5.97 Å². The summed E-state index contributed by atoms with van der Waals surface area (Å²) in [4.78, 5) is 9.74. The van der Waals surface area contributed by atoms with Gasteiger partial charge in [0.2, 0.25) is 0 Å². The van der Waals surface area contributed by atoms with Crippen LogP contribution in [0.25, 0.3) is 0 Å². The maximum absolute atomic E-state index is 9.74. The van der Waals surface area contributed by atoms with Crippen LogP contribution in [0.2, 0.25) is 0 Å². The van der Waals surface area contributed by atoms with E-state index in [1.165, 1.54) is 0 Å². The molecule has 0 atom stereocenters. The number of carbonyl (C=O) groups excluding carboxylic acids is 1. The molecule has 0 bridgehead atoms. The Morgan fingerprint density at radius 3 is 2.25 bits per heavy atom. The molecule has 40 valence electrons. The minimum absolute atomic E-state index is 0. The standard InChI is InChI=1S/C5H8O2.Na/c6-5(7)3-4-1-2-4;/h4H,1-3H2,(H,6,7);/q;+1/p-1. The molecule has 0 radical (unpaired) electrons. The molecule has 0 unspecified atom stereocenters. The van der Waals surface area contributed by atoms with Crippen LogP contribution in [0.15, 0.2) is 0 Å². The molecule has 1 aliphatic carbocycles. The molecule has 0 aromatic heterocycles. The third kappa shape index (κ3) is 3.47. The third-order valence-electron chi connectivity index (χ3n) is 1.15. The van der Waals surface area contributed by atoms with Crippen molar-refractivity contribution in [3.63, 3.8) is 0 Å². The quantitative estimate of drug-likeness (QED) is 0.357. The van der Waals surface area contributed by atoms with E-state index in [1.807, 2.05) is 0 Å². The smallest absolute Gasteiger partial charge is 0.550 e. The molecular formula is C5H7NaO2. The molecule has 0 aromatic rings. The van der Waals surface area contributed by atoms with Gasteiger partial charge in [-0.25, -0.2) is 0 Å². The van der Waals surface area contributed by atoms with Gasteiger partial charge in [-0.05, 0) is 25.2 Å². The fraction of sp³-hybridized carbons (Fsp3) is 0.800. The summed E-state index contributed by atoms with van der Waals surface area (Å²) in [5.74, 6) is -0.438. The largest absolute Gasteiger partial charge is 1.00 e. The Morgan fingerprint density at radius 1 is 1.62 bits per heavy atom. The Balaban J connectivity index is 0.000000490. The summed E-state index contributed by atoms with van der Waals surface area (Å²) >= 11 is 0. The van der Waals surface area contributed by atoms with E-state index in [0.29, 0.717) is 5.92 Å². The predicted octanol–water partition coefficient (Wildman–Crippen LogP) is -3.46. The normalized spacial score (nSPS) is 17.0. The Morgan fingerprint density at radius 2 is 2.12 bits per heavy atom. The van der Waals surface area contributed by atoms with E-state index in [9.17, 15) is 9.90 Å². The van der Waals surface area contributed by atoms with Gasteiger partial charge in [0.25, 0.3) is 0 Å². The first-order valence-electron chi connectivity index (χ1n) is 2.49. The second-order valence-electron chi connectivity index (χ2n) is 2.02. The number of carboxylic acids is 1. The summed E-state index contributed by atoms with van der Waals surface area (Å²) < 4.78 is 0. The van der Waals surface area contributed by atoms with Gasteiger partial charge < -0.3 is 9.90 Å². The molecular weight excluding hydrogens is 115 g/mol. The summed E-state index contributed by atoms with van der Waals surface area (Å²) in [7, 11) is 0. The van der Waals surface area contributed by atoms with E-state index in [-0.39, 0.29) is 36.0 Å². The first-order chi connectivity index (χ1) is 3.29. The summed E-state index contributed by atoms with van der Waals surface area (Å²) in [6.45, 7) is 0. The van der Waals surface area contributed by atoms with Crippen LogP contribution in [-0.2, 0) is 4.79 Å². The van der Waals surface area contributed by atoms with Crippen molar-refractivity contribution in [1.82, 2.24) is 0 Å². The van der Waals surface area contributed by atoms with Gasteiger partial charge in [-0.1, -0.05) is 0 Å². The van der Waals surface area contributed by atoms with Gasteiger partial charge in [-0.3, -0.25) is 0 Å². The number of hydrogen-bond donors (Lipinski definition) is 0. The molecule has 0 heterocycles. The Bertz CT molecular complexity index is 88.4. The molecule has 0 aromatic carbocycles. The van der Waals surface area contributed by atoms with Gasteiger partial charge in [0.1, 0.15) is 0 Å².